The Morgan fingerprint density at radius 3 is 2.94 bits per heavy atom. The molecule has 0 aliphatic carbocycles. The SMILES string of the molecule is CC(C)c1nc(CCNC(=O)c2cnc3c(c2)N(CC2CCOCC2)C(=O)CN3)cs1. The first-order valence-corrected chi connectivity index (χ1v) is 11.7. The standard InChI is InChI=1S/C22H29N5O3S/c1-14(2)22-26-17(13-31-22)3-6-23-21(29)16-9-18-20(24-10-16)25-11-19(28)27(18)12-15-4-7-30-8-5-15/h9-10,13-15H,3-8,11-12H2,1-2H3,(H,23,29)(H,24,25). The van der Waals surface area contributed by atoms with E-state index in [-0.39, 0.29) is 18.4 Å². The molecule has 0 spiro atoms. The van der Waals surface area contributed by atoms with Crippen molar-refractivity contribution in [3.63, 3.8) is 0 Å². The fraction of sp³-hybridized carbons (Fsp3) is 0.545. The van der Waals surface area contributed by atoms with Crippen LogP contribution >= 0.6 is 11.3 Å². The van der Waals surface area contributed by atoms with Gasteiger partial charge in [-0.2, -0.15) is 0 Å². The van der Waals surface area contributed by atoms with Crippen LogP contribution in [0.15, 0.2) is 17.6 Å². The van der Waals surface area contributed by atoms with E-state index in [1.165, 1.54) is 0 Å². The Hall–Kier alpha value is -2.52. The highest BCUT2D eigenvalue weighted by Crippen LogP contribution is 2.30. The Morgan fingerprint density at radius 2 is 2.19 bits per heavy atom. The molecule has 2 aliphatic rings. The van der Waals surface area contributed by atoms with Crippen molar-refractivity contribution in [1.82, 2.24) is 15.3 Å². The number of ether oxygens (including phenoxy) is 1. The summed E-state index contributed by atoms with van der Waals surface area (Å²) in [6.45, 7) is 7.07. The second-order valence-corrected chi connectivity index (χ2v) is 9.23. The number of hydrogen-bond acceptors (Lipinski definition) is 7. The second-order valence-electron chi connectivity index (χ2n) is 8.34. The van der Waals surface area contributed by atoms with E-state index in [1.54, 1.807) is 28.5 Å². The molecule has 8 nitrogen and oxygen atoms in total. The number of aromatic nitrogens is 2. The summed E-state index contributed by atoms with van der Waals surface area (Å²) in [7, 11) is 0. The first kappa shape index (κ1) is 21.7. The van der Waals surface area contributed by atoms with Crippen molar-refractivity contribution in [2.24, 2.45) is 5.92 Å². The number of carbonyl (C=O) groups is 2. The maximum atomic E-state index is 12.7. The second kappa shape index (κ2) is 9.74. The van der Waals surface area contributed by atoms with Crippen molar-refractivity contribution >= 4 is 34.7 Å². The monoisotopic (exact) mass is 443 g/mol. The molecule has 9 heteroatoms. The average Bonchev–Trinajstić information content (AvgIpc) is 3.25. The van der Waals surface area contributed by atoms with Crippen LogP contribution in [0, 0.1) is 5.92 Å². The maximum absolute atomic E-state index is 12.7. The van der Waals surface area contributed by atoms with Crippen LogP contribution in [0.3, 0.4) is 0 Å². The first-order valence-electron chi connectivity index (χ1n) is 10.9. The lowest BCUT2D eigenvalue weighted by Gasteiger charge is -2.33. The third-order valence-corrected chi connectivity index (χ3v) is 6.83. The first-order chi connectivity index (χ1) is 15.0. The minimum absolute atomic E-state index is 0.00263. The number of anilines is 2. The normalized spacial score (nSPS) is 16.9. The molecule has 0 atom stereocenters. The van der Waals surface area contributed by atoms with Crippen molar-refractivity contribution in [2.75, 3.05) is 43.1 Å². The molecule has 4 heterocycles. The fourth-order valence-corrected chi connectivity index (χ4v) is 4.67. The molecule has 1 saturated heterocycles. The van der Waals surface area contributed by atoms with Crippen LogP contribution in [0.1, 0.15) is 53.7 Å². The molecule has 0 unspecified atom stereocenters. The van der Waals surface area contributed by atoms with Crippen LogP contribution < -0.4 is 15.5 Å². The number of thiazole rings is 1. The van der Waals surface area contributed by atoms with Gasteiger partial charge in [-0.3, -0.25) is 9.59 Å². The van der Waals surface area contributed by atoms with E-state index in [1.807, 2.05) is 5.38 Å². The van der Waals surface area contributed by atoms with Crippen molar-refractivity contribution < 1.29 is 14.3 Å². The average molecular weight is 444 g/mol. The minimum Gasteiger partial charge on any atom is -0.381 e. The predicted molar refractivity (Wildman–Crippen MR) is 121 cm³/mol. The van der Waals surface area contributed by atoms with Gasteiger partial charge in [0, 0.05) is 50.2 Å². The molecule has 2 aromatic rings. The summed E-state index contributed by atoms with van der Waals surface area (Å²) in [6.07, 6.45) is 4.12. The summed E-state index contributed by atoms with van der Waals surface area (Å²) < 4.78 is 5.43. The topological polar surface area (TPSA) is 96.5 Å². The van der Waals surface area contributed by atoms with Crippen molar-refractivity contribution in [3.05, 3.63) is 33.9 Å². The summed E-state index contributed by atoms with van der Waals surface area (Å²) in [5.41, 5.74) is 2.12. The number of fused-ring (bicyclic) bond motifs is 1. The highest BCUT2D eigenvalue weighted by Gasteiger charge is 2.29. The smallest absolute Gasteiger partial charge is 0.252 e. The Morgan fingerprint density at radius 1 is 1.39 bits per heavy atom. The minimum atomic E-state index is -0.196. The molecule has 31 heavy (non-hydrogen) atoms. The molecule has 0 saturated carbocycles. The molecule has 4 rings (SSSR count). The summed E-state index contributed by atoms with van der Waals surface area (Å²) in [5.74, 6) is 1.26. The van der Waals surface area contributed by atoms with E-state index >= 15 is 0 Å². The highest BCUT2D eigenvalue weighted by atomic mass is 32.1. The summed E-state index contributed by atoms with van der Waals surface area (Å²) in [6, 6.07) is 1.76. The van der Waals surface area contributed by atoms with Crippen LogP contribution in [-0.2, 0) is 16.0 Å². The molecule has 2 aromatic heterocycles. The maximum Gasteiger partial charge on any atom is 0.252 e. The number of hydrogen-bond donors (Lipinski definition) is 2. The molecule has 166 valence electrons. The molecule has 2 N–H and O–H groups in total. The van der Waals surface area contributed by atoms with Gasteiger partial charge in [0.15, 0.2) is 0 Å². The highest BCUT2D eigenvalue weighted by molar-refractivity contribution is 7.09. The van der Waals surface area contributed by atoms with Crippen LogP contribution in [0.4, 0.5) is 11.5 Å². The molecule has 0 radical (unpaired) electrons. The van der Waals surface area contributed by atoms with Gasteiger partial charge in [0.1, 0.15) is 5.82 Å². The Bertz CT molecular complexity index is 939. The number of rotatable bonds is 7. The summed E-state index contributed by atoms with van der Waals surface area (Å²) in [4.78, 5) is 36.1. The van der Waals surface area contributed by atoms with E-state index in [4.69, 9.17) is 4.74 Å². The number of nitrogens with zero attached hydrogens (tertiary/aromatic N) is 3. The third kappa shape index (κ3) is 5.22. The zero-order valence-electron chi connectivity index (χ0n) is 18.0. The summed E-state index contributed by atoms with van der Waals surface area (Å²) >= 11 is 1.66. The van der Waals surface area contributed by atoms with E-state index in [0.29, 0.717) is 48.4 Å². The van der Waals surface area contributed by atoms with Crippen LogP contribution in [0.5, 0.6) is 0 Å². The number of amides is 2. The van der Waals surface area contributed by atoms with Crippen LogP contribution in [0.25, 0.3) is 0 Å². The van der Waals surface area contributed by atoms with Gasteiger partial charge in [0.05, 0.1) is 28.5 Å². The van der Waals surface area contributed by atoms with Gasteiger partial charge in [0.25, 0.3) is 5.91 Å². The molecule has 2 aliphatic heterocycles. The van der Waals surface area contributed by atoms with Gasteiger partial charge in [0.2, 0.25) is 5.91 Å². The number of pyridine rings is 1. The van der Waals surface area contributed by atoms with Crippen LogP contribution in [-0.4, -0.2) is 54.6 Å². The molecular weight excluding hydrogens is 414 g/mol. The van der Waals surface area contributed by atoms with Crippen molar-refractivity contribution in [1.29, 1.82) is 0 Å². The lowest BCUT2D eigenvalue weighted by atomic mass is 9.99. The Balaban J connectivity index is 1.40. The number of carbonyl (C=O) groups excluding carboxylic acids is 2. The molecule has 2 amide bonds. The molecule has 1 fully saturated rings. The van der Waals surface area contributed by atoms with Gasteiger partial charge in [-0.25, -0.2) is 9.97 Å². The van der Waals surface area contributed by atoms with Crippen molar-refractivity contribution in [2.45, 2.75) is 39.0 Å². The zero-order chi connectivity index (χ0) is 21.8. The third-order valence-electron chi connectivity index (χ3n) is 5.64. The molecule has 0 aromatic carbocycles. The van der Waals surface area contributed by atoms with Gasteiger partial charge in [-0.15, -0.1) is 11.3 Å². The van der Waals surface area contributed by atoms with Gasteiger partial charge < -0.3 is 20.3 Å². The Kier molecular flexibility index (Phi) is 6.82. The van der Waals surface area contributed by atoms with Gasteiger partial charge in [-0.1, -0.05) is 13.8 Å². The predicted octanol–water partition coefficient (Wildman–Crippen LogP) is 2.82. The quantitative estimate of drug-likeness (QED) is 0.683. The van der Waals surface area contributed by atoms with Gasteiger partial charge >= 0.3 is 0 Å². The van der Waals surface area contributed by atoms with E-state index in [0.717, 1.165) is 36.8 Å². The Labute approximate surface area is 186 Å². The zero-order valence-corrected chi connectivity index (χ0v) is 18.8. The molecular formula is C22H29N5O3S. The lowest BCUT2D eigenvalue weighted by Crippen LogP contribution is -2.44. The van der Waals surface area contributed by atoms with E-state index < -0.39 is 0 Å². The summed E-state index contributed by atoms with van der Waals surface area (Å²) in [5, 5.41) is 9.16. The fourth-order valence-electron chi connectivity index (χ4n) is 3.80. The lowest BCUT2D eigenvalue weighted by molar-refractivity contribution is -0.117. The largest absolute Gasteiger partial charge is 0.381 e. The number of nitrogens with one attached hydrogen (secondary N) is 2. The molecule has 0 bridgehead atoms. The van der Waals surface area contributed by atoms with E-state index in [2.05, 4.69) is 34.4 Å². The van der Waals surface area contributed by atoms with Crippen LogP contribution in [0.2, 0.25) is 0 Å². The van der Waals surface area contributed by atoms with Gasteiger partial charge in [-0.05, 0) is 24.8 Å². The van der Waals surface area contributed by atoms with E-state index in [9.17, 15) is 9.59 Å². The van der Waals surface area contributed by atoms with Crippen molar-refractivity contribution in [3.8, 4) is 0 Å².